The lowest BCUT2D eigenvalue weighted by Crippen LogP contribution is -2.24. The molecule has 7 heteroatoms. The van der Waals surface area contributed by atoms with E-state index in [-0.39, 0.29) is 27.9 Å². The molecule has 1 aromatic heterocycles. The van der Waals surface area contributed by atoms with Crippen molar-refractivity contribution < 1.29 is 9.53 Å². The van der Waals surface area contributed by atoms with Crippen LogP contribution in [0.4, 0.5) is 5.82 Å². The van der Waals surface area contributed by atoms with Crippen LogP contribution in [0.5, 0.6) is 5.75 Å². The number of aromatic amines is 1. The molecular weight excluding hydrogens is 278 g/mol. The Hall–Kier alpha value is -2.67. The van der Waals surface area contributed by atoms with E-state index in [1.807, 2.05) is 0 Å². The van der Waals surface area contributed by atoms with Crippen LogP contribution in [0.3, 0.4) is 0 Å². The van der Waals surface area contributed by atoms with Gasteiger partial charge in [0.05, 0.1) is 16.0 Å². The van der Waals surface area contributed by atoms with Gasteiger partial charge < -0.3 is 10.5 Å². The van der Waals surface area contributed by atoms with Crippen molar-refractivity contribution in [3.05, 3.63) is 49.9 Å². The number of benzene rings is 1. The van der Waals surface area contributed by atoms with E-state index in [1.165, 1.54) is 6.08 Å². The average Bonchev–Trinajstić information content (AvgIpc) is 2.73. The van der Waals surface area contributed by atoms with Crippen LogP contribution in [-0.4, -0.2) is 16.7 Å². The highest BCUT2D eigenvalue weighted by Gasteiger charge is 2.28. The van der Waals surface area contributed by atoms with Gasteiger partial charge in [-0.25, -0.2) is 0 Å². The molecule has 0 amide bonds. The molecule has 0 fully saturated rings. The van der Waals surface area contributed by atoms with Gasteiger partial charge in [-0.15, -0.1) is 0 Å². The number of nitrogen functional groups attached to an aromatic ring is 1. The minimum atomic E-state index is -0.322. The third-order valence-corrected chi connectivity index (χ3v) is 3.66. The van der Waals surface area contributed by atoms with Crippen molar-refractivity contribution in [1.29, 1.82) is 5.41 Å². The molecule has 1 aliphatic rings. The summed E-state index contributed by atoms with van der Waals surface area (Å²) in [6.45, 7) is 0. The van der Waals surface area contributed by atoms with Crippen molar-refractivity contribution in [2.24, 2.45) is 0 Å². The van der Waals surface area contributed by atoms with Crippen molar-refractivity contribution in [1.82, 2.24) is 4.98 Å². The van der Waals surface area contributed by atoms with Gasteiger partial charge in [-0.1, -0.05) is 23.5 Å². The number of ketones is 1. The van der Waals surface area contributed by atoms with Gasteiger partial charge >= 0.3 is 4.87 Å². The Balaban J connectivity index is 2.12. The Labute approximate surface area is 117 Å². The Kier molecular flexibility index (Phi) is 2.76. The number of aromatic nitrogens is 1. The molecule has 2 aromatic rings. The second-order valence-corrected chi connectivity index (χ2v) is 5.12. The van der Waals surface area contributed by atoms with Gasteiger partial charge in [-0.05, 0) is 18.2 Å². The summed E-state index contributed by atoms with van der Waals surface area (Å²) in [5.74, 6) is -0.0483. The quantitative estimate of drug-likeness (QED) is 0.693. The summed E-state index contributed by atoms with van der Waals surface area (Å²) < 4.78 is 5.30. The zero-order valence-corrected chi connectivity index (χ0v) is 10.9. The number of rotatable bonds is 1. The largest absolute Gasteiger partial charge is 0.438 e. The zero-order chi connectivity index (χ0) is 14.3. The highest BCUT2D eigenvalue weighted by atomic mass is 32.1. The number of hydrogen-bond donors (Lipinski definition) is 3. The summed E-state index contributed by atoms with van der Waals surface area (Å²) in [5, 5.41) is 7.80. The summed E-state index contributed by atoms with van der Waals surface area (Å²) in [6, 6.07) is 6.70. The van der Waals surface area contributed by atoms with Crippen molar-refractivity contribution in [2.75, 3.05) is 5.73 Å². The molecule has 0 spiro atoms. The van der Waals surface area contributed by atoms with Gasteiger partial charge in [-0.3, -0.25) is 20.0 Å². The summed E-state index contributed by atoms with van der Waals surface area (Å²) in [4.78, 5) is 26.0. The maximum atomic E-state index is 12.3. The third-order valence-electron chi connectivity index (χ3n) is 2.81. The highest BCUT2D eigenvalue weighted by Crippen LogP contribution is 2.29. The number of carbonyl (C=O) groups is 1. The molecule has 6 nitrogen and oxygen atoms in total. The molecule has 100 valence electrons. The van der Waals surface area contributed by atoms with Gasteiger partial charge in [0.1, 0.15) is 11.6 Å². The minimum Gasteiger partial charge on any atom is -0.438 e. The molecular formula is C13H9N3O3S. The molecule has 0 bridgehead atoms. The second-order valence-electron chi connectivity index (χ2n) is 4.11. The van der Waals surface area contributed by atoms with E-state index in [0.717, 1.165) is 11.3 Å². The van der Waals surface area contributed by atoms with Crippen molar-refractivity contribution in [3.8, 4) is 5.75 Å². The van der Waals surface area contributed by atoms with Crippen LogP contribution in [0.15, 0.2) is 34.6 Å². The molecule has 0 saturated carbocycles. The molecule has 0 aliphatic carbocycles. The molecule has 0 unspecified atom stereocenters. The first-order chi connectivity index (χ1) is 9.56. The van der Waals surface area contributed by atoms with Crippen LogP contribution in [0.1, 0.15) is 15.2 Å². The Bertz CT molecular complexity index is 816. The van der Waals surface area contributed by atoms with Crippen molar-refractivity contribution in [2.45, 2.75) is 0 Å². The molecule has 0 saturated heterocycles. The lowest BCUT2D eigenvalue weighted by Gasteiger charge is -2.18. The minimum absolute atomic E-state index is 0.0747. The van der Waals surface area contributed by atoms with Gasteiger partial charge in [0.25, 0.3) is 0 Å². The number of H-pyrrole nitrogens is 1. The normalized spacial score (nSPS) is 16.1. The standard InChI is InChI=1S/C13H9N3O3S/c14-11-9(20-13(18)16-11)5-7-10(17)6-3-1-2-4-8(6)19-12(7)15/h1-5,15H,14H2,(H,16,18). The fraction of sp³-hybridized carbons (Fsp3) is 0. The molecule has 0 atom stereocenters. The van der Waals surface area contributed by atoms with Gasteiger partial charge in [0.2, 0.25) is 11.7 Å². The third kappa shape index (κ3) is 1.94. The molecule has 1 aliphatic heterocycles. The highest BCUT2D eigenvalue weighted by molar-refractivity contribution is 7.10. The van der Waals surface area contributed by atoms with E-state index in [2.05, 4.69) is 4.98 Å². The van der Waals surface area contributed by atoms with Crippen LogP contribution in [0, 0.1) is 5.41 Å². The molecule has 0 radical (unpaired) electrons. The fourth-order valence-corrected chi connectivity index (χ4v) is 2.58. The molecule has 3 rings (SSSR count). The number of nitrogens with two attached hydrogens (primary N) is 1. The summed E-state index contributed by atoms with van der Waals surface area (Å²) in [5.41, 5.74) is 6.09. The zero-order valence-electron chi connectivity index (χ0n) is 10.1. The van der Waals surface area contributed by atoms with Crippen molar-refractivity contribution in [3.63, 3.8) is 0 Å². The van der Waals surface area contributed by atoms with Gasteiger partial charge in [0, 0.05) is 0 Å². The SMILES string of the molecule is N=C1Oc2ccccc2C(=O)C1=Cc1sc(=O)[nH]c1N. The first-order valence-corrected chi connectivity index (χ1v) is 6.48. The van der Waals surface area contributed by atoms with E-state index >= 15 is 0 Å². The Morgan fingerprint density at radius 1 is 1.30 bits per heavy atom. The number of hydrogen-bond acceptors (Lipinski definition) is 6. The van der Waals surface area contributed by atoms with Crippen LogP contribution in [0.2, 0.25) is 0 Å². The fourth-order valence-electron chi connectivity index (χ4n) is 1.88. The number of ether oxygens (including phenoxy) is 1. The van der Waals surface area contributed by atoms with E-state index in [4.69, 9.17) is 15.9 Å². The Morgan fingerprint density at radius 2 is 2.05 bits per heavy atom. The lowest BCUT2D eigenvalue weighted by molar-refractivity contribution is 0.103. The summed E-state index contributed by atoms with van der Waals surface area (Å²) in [7, 11) is 0. The molecule has 4 N–H and O–H groups in total. The summed E-state index contributed by atoms with van der Waals surface area (Å²) in [6.07, 6.45) is 1.40. The number of fused-ring (bicyclic) bond motifs is 1. The van der Waals surface area contributed by atoms with Crippen LogP contribution in [-0.2, 0) is 0 Å². The number of para-hydroxylation sites is 1. The number of carbonyl (C=O) groups excluding carboxylic acids is 1. The predicted octanol–water partition coefficient (Wildman–Crippen LogP) is 1.65. The van der Waals surface area contributed by atoms with Crippen LogP contribution >= 0.6 is 11.3 Å². The predicted molar refractivity (Wildman–Crippen MR) is 76.5 cm³/mol. The number of nitrogens with one attached hydrogen (secondary N) is 2. The van der Waals surface area contributed by atoms with E-state index < -0.39 is 0 Å². The van der Waals surface area contributed by atoms with Gasteiger partial charge in [-0.2, -0.15) is 0 Å². The summed E-state index contributed by atoms with van der Waals surface area (Å²) >= 11 is 0.876. The first-order valence-electron chi connectivity index (χ1n) is 5.67. The molecule has 1 aromatic carbocycles. The second kappa shape index (κ2) is 4.46. The van der Waals surface area contributed by atoms with Crippen LogP contribution < -0.4 is 15.3 Å². The van der Waals surface area contributed by atoms with Crippen molar-refractivity contribution >= 4 is 34.9 Å². The van der Waals surface area contributed by atoms with E-state index in [1.54, 1.807) is 24.3 Å². The number of anilines is 1. The van der Waals surface area contributed by atoms with Crippen LogP contribution in [0.25, 0.3) is 6.08 Å². The maximum absolute atomic E-state index is 12.3. The number of thiazole rings is 1. The Morgan fingerprint density at radius 3 is 2.75 bits per heavy atom. The monoisotopic (exact) mass is 287 g/mol. The molecule has 2 heterocycles. The van der Waals surface area contributed by atoms with Gasteiger partial charge in [0.15, 0.2) is 0 Å². The molecule has 20 heavy (non-hydrogen) atoms. The first kappa shape index (κ1) is 12.4. The van der Waals surface area contributed by atoms with E-state index in [9.17, 15) is 9.59 Å². The average molecular weight is 287 g/mol. The number of Topliss-reactive ketones (excluding diaryl/α,β-unsaturated/α-hetero) is 1. The smallest absolute Gasteiger partial charge is 0.306 e. The topological polar surface area (TPSA) is 109 Å². The maximum Gasteiger partial charge on any atom is 0.306 e. The van der Waals surface area contributed by atoms with E-state index in [0.29, 0.717) is 16.2 Å². The lowest BCUT2D eigenvalue weighted by atomic mass is 9.99.